The molecule has 106 valence electrons. The molecular formula is C15H23NO3. The molecule has 0 unspecified atom stereocenters. The molecule has 19 heavy (non-hydrogen) atoms. The summed E-state index contributed by atoms with van der Waals surface area (Å²) in [4.78, 5) is 11.9. The van der Waals surface area contributed by atoms with Gasteiger partial charge in [0, 0.05) is 18.0 Å². The fraction of sp³-hybridized carbons (Fsp3) is 0.533. The molecule has 4 nitrogen and oxygen atoms in total. The zero-order valence-electron chi connectivity index (χ0n) is 12.2. The van der Waals surface area contributed by atoms with Crippen molar-refractivity contribution >= 4 is 5.91 Å². The topological polar surface area (TPSA) is 47.6 Å². The molecule has 0 aliphatic rings. The molecule has 1 rings (SSSR count). The van der Waals surface area contributed by atoms with Crippen LogP contribution in [0, 0.1) is 5.92 Å². The lowest BCUT2D eigenvalue weighted by molar-refractivity contribution is -0.125. The highest BCUT2D eigenvalue weighted by molar-refractivity contribution is 5.78. The summed E-state index contributed by atoms with van der Waals surface area (Å²) in [5, 5.41) is 2.95. The highest BCUT2D eigenvalue weighted by Gasteiger charge is 2.14. The van der Waals surface area contributed by atoms with E-state index in [1.807, 2.05) is 32.0 Å². The number of carbonyl (C=O) groups excluding carboxylic acids is 1. The molecule has 0 aliphatic carbocycles. The molecule has 1 aromatic carbocycles. The van der Waals surface area contributed by atoms with Crippen molar-refractivity contribution < 1.29 is 14.3 Å². The number of methoxy groups -OCH3 is 2. The Morgan fingerprint density at radius 2 is 1.89 bits per heavy atom. The summed E-state index contributed by atoms with van der Waals surface area (Å²) < 4.78 is 10.5. The van der Waals surface area contributed by atoms with Crippen molar-refractivity contribution in [2.24, 2.45) is 5.92 Å². The van der Waals surface area contributed by atoms with Gasteiger partial charge in [-0.05, 0) is 31.0 Å². The highest BCUT2D eigenvalue weighted by Crippen LogP contribution is 2.23. The Labute approximate surface area is 115 Å². The van der Waals surface area contributed by atoms with E-state index in [0.717, 1.165) is 29.9 Å². The first-order valence-electron chi connectivity index (χ1n) is 6.64. The van der Waals surface area contributed by atoms with Gasteiger partial charge >= 0.3 is 0 Å². The van der Waals surface area contributed by atoms with Gasteiger partial charge in [0.1, 0.15) is 11.5 Å². The number of rotatable bonds is 7. The van der Waals surface area contributed by atoms with Crippen molar-refractivity contribution in [1.29, 1.82) is 0 Å². The average Bonchev–Trinajstić information content (AvgIpc) is 2.45. The Hall–Kier alpha value is -1.71. The van der Waals surface area contributed by atoms with E-state index in [4.69, 9.17) is 9.47 Å². The first-order chi connectivity index (χ1) is 9.15. The summed E-state index contributed by atoms with van der Waals surface area (Å²) in [7, 11) is 3.24. The second-order valence-electron chi connectivity index (χ2n) is 4.41. The van der Waals surface area contributed by atoms with E-state index in [1.54, 1.807) is 14.2 Å². The van der Waals surface area contributed by atoms with Crippen molar-refractivity contribution in [3.63, 3.8) is 0 Å². The van der Waals surface area contributed by atoms with Crippen LogP contribution in [0.1, 0.15) is 32.3 Å². The van der Waals surface area contributed by atoms with Crippen LogP contribution in [-0.2, 0) is 11.3 Å². The summed E-state index contributed by atoms with van der Waals surface area (Å²) in [6.45, 7) is 4.51. The zero-order valence-corrected chi connectivity index (χ0v) is 12.2. The van der Waals surface area contributed by atoms with E-state index in [-0.39, 0.29) is 11.8 Å². The Morgan fingerprint density at radius 1 is 1.21 bits per heavy atom. The first-order valence-corrected chi connectivity index (χ1v) is 6.64. The molecule has 4 heteroatoms. The Morgan fingerprint density at radius 3 is 2.42 bits per heavy atom. The van der Waals surface area contributed by atoms with E-state index < -0.39 is 0 Å². The van der Waals surface area contributed by atoms with Crippen molar-refractivity contribution in [2.75, 3.05) is 14.2 Å². The van der Waals surface area contributed by atoms with Gasteiger partial charge in [-0.2, -0.15) is 0 Å². The molecule has 0 saturated heterocycles. The van der Waals surface area contributed by atoms with Crippen LogP contribution < -0.4 is 14.8 Å². The normalized spacial score (nSPS) is 10.4. The predicted octanol–water partition coefficient (Wildman–Crippen LogP) is 2.76. The third-order valence-electron chi connectivity index (χ3n) is 3.30. The summed E-state index contributed by atoms with van der Waals surface area (Å²) >= 11 is 0. The van der Waals surface area contributed by atoms with E-state index in [1.165, 1.54) is 0 Å². The third-order valence-corrected chi connectivity index (χ3v) is 3.30. The number of hydrogen-bond acceptors (Lipinski definition) is 3. The lowest BCUT2D eigenvalue weighted by Crippen LogP contribution is -2.29. The summed E-state index contributed by atoms with van der Waals surface area (Å²) in [5.41, 5.74) is 0.918. The molecule has 0 fully saturated rings. The minimum Gasteiger partial charge on any atom is -0.497 e. The fourth-order valence-electron chi connectivity index (χ4n) is 2.01. The van der Waals surface area contributed by atoms with Crippen LogP contribution >= 0.6 is 0 Å². The second kappa shape index (κ2) is 7.67. The number of benzene rings is 1. The van der Waals surface area contributed by atoms with Gasteiger partial charge in [0.05, 0.1) is 14.2 Å². The number of ether oxygens (including phenoxy) is 2. The molecule has 0 atom stereocenters. The molecule has 0 aromatic heterocycles. The Kier molecular flexibility index (Phi) is 6.19. The monoisotopic (exact) mass is 265 g/mol. The van der Waals surface area contributed by atoms with Crippen LogP contribution in [0.4, 0.5) is 0 Å². The molecule has 0 radical (unpaired) electrons. The number of nitrogens with one attached hydrogen (secondary N) is 1. The van der Waals surface area contributed by atoms with Crippen molar-refractivity contribution in [3.8, 4) is 11.5 Å². The van der Waals surface area contributed by atoms with Gasteiger partial charge in [-0.15, -0.1) is 0 Å². The largest absolute Gasteiger partial charge is 0.497 e. The minimum absolute atomic E-state index is 0.0802. The summed E-state index contributed by atoms with van der Waals surface area (Å²) in [6, 6.07) is 5.56. The maximum atomic E-state index is 11.9. The Bertz CT molecular complexity index is 414. The van der Waals surface area contributed by atoms with Gasteiger partial charge in [0.15, 0.2) is 0 Å². The van der Waals surface area contributed by atoms with Crippen LogP contribution in [0.15, 0.2) is 18.2 Å². The maximum absolute atomic E-state index is 11.9. The van der Waals surface area contributed by atoms with Gasteiger partial charge in [0.2, 0.25) is 5.91 Å². The standard InChI is InChI=1S/C15H23NO3/c1-5-11(6-2)15(17)16-10-12-9-13(18-3)7-8-14(12)19-4/h7-9,11H,5-6,10H2,1-4H3,(H,16,17). The molecular weight excluding hydrogens is 242 g/mol. The predicted molar refractivity (Wildman–Crippen MR) is 75.5 cm³/mol. The van der Waals surface area contributed by atoms with Crippen molar-refractivity contribution in [3.05, 3.63) is 23.8 Å². The van der Waals surface area contributed by atoms with Gasteiger partial charge in [-0.3, -0.25) is 4.79 Å². The van der Waals surface area contributed by atoms with Crippen LogP contribution in [0.3, 0.4) is 0 Å². The minimum atomic E-state index is 0.0802. The average molecular weight is 265 g/mol. The van der Waals surface area contributed by atoms with Crippen molar-refractivity contribution in [2.45, 2.75) is 33.2 Å². The van der Waals surface area contributed by atoms with Gasteiger partial charge in [-0.25, -0.2) is 0 Å². The van der Waals surface area contributed by atoms with Crippen molar-refractivity contribution in [1.82, 2.24) is 5.32 Å². The zero-order chi connectivity index (χ0) is 14.3. The molecule has 1 aromatic rings. The molecule has 0 aliphatic heterocycles. The molecule has 0 bridgehead atoms. The van der Waals surface area contributed by atoms with Gasteiger partial charge in [0.25, 0.3) is 0 Å². The Balaban J connectivity index is 2.73. The van der Waals surface area contributed by atoms with Gasteiger partial charge < -0.3 is 14.8 Å². The summed E-state index contributed by atoms with van der Waals surface area (Å²) in [5.74, 6) is 1.68. The van der Waals surface area contributed by atoms with E-state index >= 15 is 0 Å². The number of amides is 1. The third kappa shape index (κ3) is 4.16. The number of carbonyl (C=O) groups is 1. The molecule has 1 N–H and O–H groups in total. The lowest BCUT2D eigenvalue weighted by Gasteiger charge is -2.15. The lowest BCUT2D eigenvalue weighted by atomic mass is 10.0. The molecule has 0 heterocycles. The highest BCUT2D eigenvalue weighted by atomic mass is 16.5. The second-order valence-corrected chi connectivity index (χ2v) is 4.41. The van der Waals surface area contributed by atoms with Crippen LogP contribution in [0.2, 0.25) is 0 Å². The summed E-state index contributed by atoms with van der Waals surface area (Å²) in [6.07, 6.45) is 1.72. The maximum Gasteiger partial charge on any atom is 0.223 e. The van der Waals surface area contributed by atoms with E-state index in [9.17, 15) is 4.79 Å². The van der Waals surface area contributed by atoms with Crippen LogP contribution in [-0.4, -0.2) is 20.1 Å². The smallest absolute Gasteiger partial charge is 0.223 e. The quantitative estimate of drug-likeness (QED) is 0.824. The fourth-order valence-corrected chi connectivity index (χ4v) is 2.01. The van der Waals surface area contributed by atoms with Gasteiger partial charge in [-0.1, -0.05) is 13.8 Å². The SMILES string of the molecule is CCC(CC)C(=O)NCc1cc(OC)ccc1OC. The molecule has 0 spiro atoms. The van der Waals surface area contributed by atoms with Crippen LogP contribution in [0.5, 0.6) is 11.5 Å². The number of hydrogen-bond donors (Lipinski definition) is 1. The molecule has 0 saturated carbocycles. The van der Waals surface area contributed by atoms with E-state index in [2.05, 4.69) is 5.32 Å². The molecule has 1 amide bonds. The van der Waals surface area contributed by atoms with Crippen LogP contribution in [0.25, 0.3) is 0 Å². The first kappa shape index (κ1) is 15.3. The van der Waals surface area contributed by atoms with E-state index in [0.29, 0.717) is 6.54 Å².